The summed E-state index contributed by atoms with van der Waals surface area (Å²) in [5.41, 5.74) is 10.7. The Morgan fingerprint density at radius 3 is 2.31 bits per heavy atom. The lowest BCUT2D eigenvalue weighted by molar-refractivity contribution is -0.137. The van der Waals surface area contributed by atoms with Gasteiger partial charge in [0, 0.05) is 54.4 Å². The Hall–Kier alpha value is -4.05. The highest BCUT2D eigenvalue weighted by Gasteiger charge is 2.30. The first-order valence-electron chi connectivity index (χ1n) is 12.8. The van der Waals surface area contributed by atoms with Gasteiger partial charge in [-0.3, -0.25) is 9.69 Å². The molecule has 1 aromatic heterocycles. The number of carbonyl (C=O) groups is 1. The molecule has 2 heterocycles. The summed E-state index contributed by atoms with van der Waals surface area (Å²) in [5.74, 6) is 0.591. The maximum absolute atomic E-state index is 12.8. The summed E-state index contributed by atoms with van der Waals surface area (Å²) < 4.78 is 44.5. The van der Waals surface area contributed by atoms with Crippen LogP contribution >= 0.6 is 0 Å². The second-order valence-corrected chi connectivity index (χ2v) is 10.1. The van der Waals surface area contributed by atoms with Crippen LogP contribution in [0.1, 0.15) is 30.9 Å². The average Bonchev–Trinajstić information content (AvgIpc) is 3.32. The van der Waals surface area contributed by atoms with Crippen LogP contribution in [0, 0.1) is 0 Å². The Labute approximate surface area is 224 Å². The Balaban J connectivity index is 1.15. The number of nitrogens with one attached hydrogen (secondary N) is 1. The van der Waals surface area contributed by atoms with Crippen molar-refractivity contribution in [2.24, 2.45) is 0 Å². The van der Waals surface area contributed by atoms with E-state index < -0.39 is 11.7 Å². The molecule has 1 aliphatic heterocycles. The molecular formula is C29H30F3N5O2. The van der Waals surface area contributed by atoms with Crippen molar-refractivity contribution in [3.05, 3.63) is 71.8 Å². The number of carbonyl (C=O) groups excluding carboxylic acids is 1. The third-order valence-electron chi connectivity index (χ3n) is 6.88. The van der Waals surface area contributed by atoms with Crippen LogP contribution in [0.15, 0.2) is 65.1 Å². The van der Waals surface area contributed by atoms with E-state index in [0.717, 1.165) is 34.5 Å². The molecule has 7 nitrogen and oxygen atoms in total. The lowest BCUT2D eigenvalue weighted by Gasteiger charge is -2.35. The largest absolute Gasteiger partial charge is 0.436 e. The molecule has 1 fully saturated rings. The molecule has 0 aliphatic carbocycles. The molecule has 5 rings (SSSR count). The minimum atomic E-state index is -4.35. The predicted octanol–water partition coefficient (Wildman–Crippen LogP) is 5.98. The van der Waals surface area contributed by atoms with Crippen LogP contribution in [0.3, 0.4) is 0 Å². The second kappa shape index (κ2) is 10.6. The first kappa shape index (κ1) is 26.6. The van der Waals surface area contributed by atoms with E-state index in [1.54, 1.807) is 6.07 Å². The quantitative estimate of drug-likeness (QED) is 0.294. The predicted molar refractivity (Wildman–Crippen MR) is 147 cm³/mol. The van der Waals surface area contributed by atoms with E-state index in [-0.39, 0.29) is 18.4 Å². The molecule has 1 amide bonds. The zero-order valence-electron chi connectivity index (χ0n) is 21.8. The number of nitrogens with two attached hydrogens (primary N) is 1. The number of nitrogen functional groups attached to an aromatic ring is 1. The molecule has 0 spiro atoms. The summed E-state index contributed by atoms with van der Waals surface area (Å²) in [4.78, 5) is 21.3. The summed E-state index contributed by atoms with van der Waals surface area (Å²) >= 11 is 0. The molecule has 0 radical (unpaired) electrons. The summed E-state index contributed by atoms with van der Waals surface area (Å²) in [5, 5.41) is 2.92. The molecule has 204 valence electrons. The average molecular weight is 538 g/mol. The topological polar surface area (TPSA) is 87.6 Å². The van der Waals surface area contributed by atoms with Gasteiger partial charge in [-0.1, -0.05) is 13.8 Å². The van der Waals surface area contributed by atoms with Gasteiger partial charge in [-0.15, -0.1) is 0 Å². The van der Waals surface area contributed by atoms with Crippen LogP contribution in [-0.4, -0.2) is 48.5 Å². The van der Waals surface area contributed by atoms with Crippen LogP contribution in [0.25, 0.3) is 22.6 Å². The van der Waals surface area contributed by atoms with E-state index in [1.165, 1.54) is 12.1 Å². The van der Waals surface area contributed by atoms with Crippen molar-refractivity contribution in [2.75, 3.05) is 48.7 Å². The van der Waals surface area contributed by atoms with Crippen LogP contribution in [-0.2, 0) is 11.0 Å². The van der Waals surface area contributed by atoms with Crippen molar-refractivity contribution in [3.63, 3.8) is 0 Å². The monoisotopic (exact) mass is 537 g/mol. The number of rotatable bonds is 6. The number of amides is 1. The molecule has 0 unspecified atom stereocenters. The highest BCUT2D eigenvalue weighted by Crippen LogP contribution is 2.33. The van der Waals surface area contributed by atoms with E-state index in [2.05, 4.69) is 24.1 Å². The zero-order chi connectivity index (χ0) is 27.7. The number of hydrogen-bond donors (Lipinski definition) is 2. The number of nitrogens with zero attached hydrogens (tertiary/aromatic N) is 3. The molecule has 1 aliphatic rings. The Kier molecular flexibility index (Phi) is 7.22. The van der Waals surface area contributed by atoms with Crippen molar-refractivity contribution in [1.82, 2.24) is 9.88 Å². The molecule has 39 heavy (non-hydrogen) atoms. The summed E-state index contributed by atoms with van der Waals surface area (Å²) in [6.07, 6.45) is -4.35. The third kappa shape index (κ3) is 6.01. The minimum Gasteiger partial charge on any atom is -0.436 e. The van der Waals surface area contributed by atoms with Gasteiger partial charge in [-0.25, -0.2) is 4.98 Å². The summed E-state index contributed by atoms with van der Waals surface area (Å²) in [7, 11) is 0. The van der Waals surface area contributed by atoms with Crippen molar-refractivity contribution in [2.45, 2.75) is 25.9 Å². The van der Waals surface area contributed by atoms with E-state index in [0.29, 0.717) is 49.0 Å². The van der Waals surface area contributed by atoms with Crippen molar-refractivity contribution in [1.29, 1.82) is 0 Å². The van der Waals surface area contributed by atoms with Gasteiger partial charge in [0.05, 0.1) is 12.1 Å². The second-order valence-electron chi connectivity index (χ2n) is 10.1. The summed E-state index contributed by atoms with van der Waals surface area (Å²) in [6.45, 7) is 6.90. The van der Waals surface area contributed by atoms with Gasteiger partial charge in [0.15, 0.2) is 5.58 Å². The minimum absolute atomic E-state index is 0.135. The maximum Gasteiger partial charge on any atom is 0.416 e. The van der Waals surface area contributed by atoms with Gasteiger partial charge in [-0.05, 0) is 66.6 Å². The van der Waals surface area contributed by atoms with Crippen LogP contribution < -0.4 is 16.0 Å². The molecule has 10 heteroatoms. The van der Waals surface area contributed by atoms with Gasteiger partial charge >= 0.3 is 6.18 Å². The van der Waals surface area contributed by atoms with E-state index >= 15 is 0 Å². The van der Waals surface area contributed by atoms with Crippen LogP contribution in [0.4, 0.5) is 30.2 Å². The molecule has 3 aromatic carbocycles. The van der Waals surface area contributed by atoms with Crippen molar-refractivity contribution in [3.8, 4) is 11.5 Å². The molecule has 4 aromatic rings. The number of hydrogen-bond acceptors (Lipinski definition) is 6. The SMILES string of the molecule is CC(C)c1cc(N)cc2nc(-c3ccc(NC(=O)CN4CCN(c5ccc(C(F)(F)F)cc5)CC4)cc3)oc12. The van der Waals surface area contributed by atoms with E-state index in [4.69, 9.17) is 10.2 Å². The van der Waals surface area contributed by atoms with Crippen molar-refractivity contribution >= 4 is 34.1 Å². The van der Waals surface area contributed by atoms with Gasteiger partial charge in [0.2, 0.25) is 11.8 Å². The fourth-order valence-corrected chi connectivity index (χ4v) is 4.76. The maximum atomic E-state index is 12.8. The van der Waals surface area contributed by atoms with Gasteiger partial charge in [-0.2, -0.15) is 13.2 Å². The zero-order valence-corrected chi connectivity index (χ0v) is 21.8. The normalized spacial score (nSPS) is 14.8. The standard InChI is InChI=1S/C29H30F3N5O2/c1-18(2)24-15-21(33)16-25-27(24)39-28(35-25)19-3-7-22(8-4-19)34-26(38)17-36-11-13-37(14-12-36)23-9-5-20(6-10-23)29(30,31)32/h3-10,15-16,18H,11-14,17,33H2,1-2H3,(H,34,38). The Bertz CT molecular complexity index is 1460. The highest BCUT2D eigenvalue weighted by atomic mass is 19.4. The fraction of sp³-hybridized carbons (Fsp3) is 0.310. The molecule has 1 saturated heterocycles. The highest BCUT2D eigenvalue weighted by molar-refractivity contribution is 5.92. The van der Waals surface area contributed by atoms with Gasteiger partial charge in [0.1, 0.15) is 5.52 Å². The van der Waals surface area contributed by atoms with E-state index in [9.17, 15) is 18.0 Å². The van der Waals surface area contributed by atoms with Crippen molar-refractivity contribution < 1.29 is 22.4 Å². The molecule has 0 bridgehead atoms. The smallest absolute Gasteiger partial charge is 0.416 e. The Morgan fingerprint density at radius 2 is 1.69 bits per heavy atom. The number of oxazole rings is 1. The lowest BCUT2D eigenvalue weighted by Crippen LogP contribution is -2.48. The first-order chi connectivity index (χ1) is 18.6. The Morgan fingerprint density at radius 1 is 1.03 bits per heavy atom. The van der Waals surface area contributed by atoms with Gasteiger partial charge in [0.25, 0.3) is 0 Å². The van der Waals surface area contributed by atoms with E-state index in [1.807, 2.05) is 40.1 Å². The number of piperazine rings is 1. The lowest BCUT2D eigenvalue weighted by atomic mass is 10.0. The van der Waals surface area contributed by atoms with Crippen LogP contribution in [0.2, 0.25) is 0 Å². The first-order valence-corrected chi connectivity index (χ1v) is 12.8. The molecule has 3 N–H and O–H groups in total. The number of aromatic nitrogens is 1. The third-order valence-corrected chi connectivity index (χ3v) is 6.88. The van der Waals surface area contributed by atoms with Crippen LogP contribution in [0.5, 0.6) is 0 Å². The molecule has 0 atom stereocenters. The number of alkyl halides is 3. The molecular weight excluding hydrogens is 507 g/mol. The number of fused-ring (bicyclic) bond motifs is 1. The number of benzene rings is 3. The number of anilines is 3. The summed E-state index contributed by atoms with van der Waals surface area (Å²) in [6, 6.07) is 16.2. The number of halogens is 3. The van der Waals surface area contributed by atoms with Gasteiger partial charge < -0.3 is 20.4 Å². The molecule has 0 saturated carbocycles. The fourth-order valence-electron chi connectivity index (χ4n) is 4.76.